The molecule has 1 saturated carbocycles. The molecule has 104 valence electrons. The molecule has 0 aromatic carbocycles. The summed E-state index contributed by atoms with van der Waals surface area (Å²) in [6.45, 7) is 6.49. The van der Waals surface area contributed by atoms with E-state index in [2.05, 4.69) is 29.0 Å². The second-order valence-corrected chi connectivity index (χ2v) is 5.87. The molecule has 1 fully saturated rings. The summed E-state index contributed by atoms with van der Waals surface area (Å²) in [6.07, 6.45) is 3.23. The van der Waals surface area contributed by atoms with Crippen molar-refractivity contribution in [2.45, 2.75) is 58.2 Å². The Balaban J connectivity index is 1.84. The van der Waals surface area contributed by atoms with Crippen molar-refractivity contribution in [3.63, 3.8) is 0 Å². The van der Waals surface area contributed by atoms with Gasteiger partial charge in [-0.3, -0.25) is 4.79 Å². The van der Waals surface area contributed by atoms with Gasteiger partial charge in [0, 0.05) is 37.2 Å². The Morgan fingerprint density at radius 3 is 3.00 bits per heavy atom. The van der Waals surface area contributed by atoms with E-state index in [-0.39, 0.29) is 5.91 Å². The molecular formula is C14H22N4O. The van der Waals surface area contributed by atoms with Crippen LogP contribution in [0, 0.1) is 0 Å². The van der Waals surface area contributed by atoms with Crippen LogP contribution in [0.2, 0.25) is 0 Å². The number of imidazole rings is 1. The molecule has 0 spiro atoms. The zero-order chi connectivity index (χ0) is 13.4. The minimum atomic E-state index is 0.128. The van der Waals surface area contributed by atoms with E-state index in [0.717, 1.165) is 43.9 Å². The van der Waals surface area contributed by atoms with Gasteiger partial charge in [-0.25, -0.2) is 4.98 Å². The lowest BCUT2D eigenvalue weighted by Gasteiger charge is -2.16. The molecule has 1 aromatic heterocycles. The van der Waals surface area contributed by atoms with Gasteiger partial charge in [-0.2, -0.15) is 0 Å². The number of nitrogens with zero attached hydrogens (tertiary/aromatic N) is 2. The molecule has 1 aliphatic carbocycles. The molecule has 1 aliphatic heterocycles. The highest BCUT2D eigenvalue weighted by atomic mass is 16.2. The molecule has 0 saturated heterocycles. The summed E-state index contributed by atoms with van der Waals surface area (Å²) in [5.74, 6) is 1.52. The van der Waals surface area contributed by atoms with Crippen molar-refractivity contribution in [3.05, 3.63) is 17.2 Å². The van der Waals surface area contributed by atoms with Crippen molar-refractivity contribution in [1.29, 1.82) is 0 Å². The zero-order valence-corrected chi connectivity index (χ0v) is 11.7. The van der Waals surface area contributed by atoms with Crippen molar-refractivity contribution < 1.29 is 4.79 Å². The molecular weight excluding hydrogens is 240 g/mol. The summed E-state index contributed by atoms with van der Waals surface area (Å²) in [7, 11) is 0. The van der Waals surface area contributed by atoms with E-state index in [1.165, 1.54) is 5.69 Å². The third kappa shape index (κ3) is 2.66. The van der Waals surface area contributed by atoms with Gasteiger partial charge in [-0.1, -0.05) is 13.8 Å². The highest BCUT2D eigenvalue weighted by Gasteiger charge is 2.26. The normalized spacial score (nSPS) is 18.5. The fourth-order valence-electron chi connectivity index (χ4n) is 2.65. The average molecular weight is 262 g/mol. The van der Waals surface area contributed by atoms with Crippen LogP contribution in [0.3, 0.4) is 0 Å². The van der Waals surface area contributed by atoms with Gasteiger partial charge < -0.3 is 15.2 Å². The first kappa shape index (κ1) is 12.7. The SMILES string of the molecule is CC(C)c1nc2c(n1CC(=O)NC1CC1)CCNC2. The Morgan fingerprint density at radius 2 is 2.32 bits per heavy atom. The second-order valence-electron chi connectivity index (χ2n) is 5.87. The molecule has 2 aliphatic rings. The van der Waals surface area contributed by atoms with Crippen molar-refractivity contribution >= 4 is 5.91 Å². The Morgan fingerprint density at radius 1 is 1.53 bits per heavy atom. The number of hydrogen-bond acceptors (Lipinski definition) is 3. The lowest BCUT2D eigenvalue weighted by Crippen LogP contribution is -2.32. The van der Waals surface area contributed by atoms with Crippen LogP contribution in [0.4, 0.5) is 0 Å². The lowest BCUT2D eigenvalue weighted by atomic mass is 10.2. The monoisotopic (exact) mass is 262 g/mol. The minimum Gasteiger partial charge on any atom is -0.352 e. The summed E-state index contributed by atoms with van der Waals surface area (Å²) < 4.78 is 2.14. The first-order chi connectivity index (χ1) is 9.15. The molecule has 3 rings (SSSR count). The van der Waals surface area contributed by atoms with E-state index in [4.69, 9.17) is 4.98 Å². The van der Waals surface area contributed by atoms with Crippen molar-refractivity contribution in [2.75, 3.05) is 6.54 Å². The molecule has 1 aromatic rings. The number of amides is 1. The van der Waals surface area contributed by atoms with Crippen LogP contribution in [0.5, 0.6) is 0 Å². The van der Waals surface area contributed by atoms with Crippen molar-refractivity contribution in [1.82, 2.24) is 20.2 Å². The van der Waals surface area contributed by atoms with Gasteiger partial charge in [0.1, 0.15) is 12.4 Å². The lowest BCUT2D eigenvalue weighted by molar-refractivity contribution is -0.121. The summed E-state index contributed by atoms with van der Waals surface area (Å²) >= 11 is 0. The maximum atomic E-state index is 12.0. The third-order valence-electron chi connectivity index (χ3n) is 3.78. The fraction of sp³-hybridized carbons (Fsp3) is 0.714. The van der Waals surface area contributed by atoms with Crippen LogP contribution in [0.15, 0.2) is 0 Å². The van der Waals surface area contributed by atoms with E-state index in [1.54, 1.807) is 0 Å². The molecule has 0 unspecified atom stereocenters. The number of fused-ring (bicyclic) bond motifs is 1. The maximum absolute atomic E-state index is 12.0. The molecule has 0 bridgehead atoms. The highest BCUT2D eigenvalue weighted by Crippen LogP contribution is 2.22. The average Bonchev–Trinajstić information content (AvgIpc) is 3.10. The predicted molar refractivity (Wildman–Crippen MR) is 72.9 cm³/mol. The van der Waals surface area contributed by atoms with Crippen LogP contribution < -0.4 is 10.6 Å². The van der Waals surface area contributed by atoms with E-state index >= 15 is 0 Å². The maximum Gasteiger partial charge on any atom is 0.240 e. The number of hydrogen-bond donors (Lipinski definition) is 2. The van der Waals surface area contributed by atoms with E-state index in [0.29, 0.717) is 18.5 Å². The van der Waals surface area contributed by atoms with Gasteiger partial charge in [-0.15, -0.1) is 0 Å². The van der Waals surface area contributed by atoms with E-state index in [1.807, 2.05) is 0 Å². The summed E-state index contributed by atoms with van der Waals surface area (Å²) in [5.41, 5.74) is 2.36. The quantitative estimate of drug-likeness (QED) is 0.848. The fourth-order valence-corrected chi connectivity index (χ4v) is 2.65. The van der Waals surface area contributed by atoms with Gasteiger partial charge >= 0.3 is 0 Å². The summed E-state index contributed by atoms with van der Waals surface area (Å²) in [5, 5.41) is 6.40. The standard InChI is InChI=1S/C14H22N4O/c1-9(2)14-17-11-7-15-6-5-12(11)18(14)8-13(19)16-10-3-4-10/h9-10,15H,3-8H2,1-2H3,(H,16,19). The number of nitrogens with one attached hydrogen (secondary N) is 2. The molecule has 5 nitrogen and oxygen atoms in total. The Hall–Kier alpha value is -1.36. The first-order valence-electron chi connectivity index (χ1n) is 7.23. The van der Waals surface area contributed by atoms with Crippen LogP contribution >= 0.6 is 0 Å². The first-order valence-corrected chi connectivity index (χ1v) is 7.23. The van der Waals surface area contributed by atoms with Gasteiger partial charge in [0.2, 0.25) is 5.91 Å². The van der Waals surface area contributed by atoms with E-state index < -0.39 is 0 Å². The van der Waals surface area contributed by atoms with Crippen molar-refractivity contribution in [3.8, 4) is 0 Å². The van der Waals surface area contributed by atoms with E-state index in [9.17, 15) is 4.79 Å². The molecule has 2 N–H and O–H groups in total. The van der Waals surface area contributed by atoms with Gasteiger partial charge in [0.15, 0.2) is 0 Å². The third-order valence-corrected chi connectivity index (χ3v) is 3.78. The van der Waals surface area contributed by atoms with Crippen LogP contribution in [0.1, 0.15) is 49.8 Å². The molecule has 5 heteroatoms. The molecule has 19 heavy (non-hydrogen) atoms. The Kier molecular flexibility index (Phi) is 3.31. The summed E-state index contributed by atoms with van der Waals surface area (Å²) in [6, 6.07) is 0.427. The van der Waals surface area contributed by atoms with Crippen molar-refractivity contribution in [2.24, 2.45) is 0 Å². The number of rotatable bonds is 4. The predicted octanol–water partition coefficient (Wildman–Crippen LogP) is 0.931. The molecule has 0 radical (unpaired) electrons. The zero-order valence-electron chi connectivity index (χ0n) is 11.7. The second kappa shape index (κ2) is 4.96. The highest BCUT2D eigenvalue weighted by molar-refractivity contribution is 5.76. The number of aromatic nitrogens is 2. The van der Waals surface area contributed by atoms with Gasteiger partial charge in [0.05, 0.1) is 5.69 Å². The number of carbonyl (C=O) groups is 1. The van der Waals surface area contributed by atoms with Gasteiger partial charge in [0.25, 0.3) is 0 Å². The van der Waals surface area contributed by atoms with Crippen LogP contribution in [-0.4, -0.2) is 28.0 Å². The van der Waals surface area contributed by atoms with Crippen LogP contribution in [-0.2, 0) is 24.3 Å². The number of carbonyl (C=O) groups excluding carboxylic acids is 1. The minimum absolute atomic E-state index is 0.128. The smallest absolute Gasteiger partial charge is 0.240 e. The topological polar surface area (TPSA) is 59.0 Å². The molecule has 0 atom stereocenters. The van der Waals surface area contributed by atoms with Gasteiger partial charge in [-0.05, 0) is 12.8 Å². The Labute approximate surface area is 113 Å². The summed E-state index contributed by atoms with van der Waals surface area (Å²) in [4.78, 5) is 16.8. The van der Waals surface area contributed by atoms with Crippen LogP contribution in [0.25, 0.3) is 0 Å². The molecule has 1 amide bonds. The molecule has 2 heterocycles. The largest absolute Gasteiger partial charge is 0.352 e. The Bertz CT molecular complexity index is 488.